The molecule has 20 heavy (non-hydrogen) atoms. The molecule has 0 heterocycles. The maximum atomic E-state index is 14.1. The Balaban J connectivity index is 2.47. The van der Waals surface area contributed by atoms with E-state index in [1.54, 1.807) is 38.4 Å². The second-order valence-electron chi connectivity index (χ2n) is 4.27. The van der Waals surface area contributed by atoms with Gasteiger partial charge < -0.3 is 10.1 Å². The Bertz CT molecular complexity index is 619. The number of ether oxygens (including phenoxy) is 1. The number of hydrogen-bond acceptors (Lipinski definition) is 2. The second kappa shape index (κ2) is 6.44. The standard InChI is InChI=1S/C15H14Cl2FNO/c1-19-15(12-5-3-9(16)7-14(12)18)11-6-4-10(20-2)8-13(11)17/h3-8,15,19H,1-2H3. The molecule has 0 radical (unpaired) electrons. The molecule has 2 aromatic carbocycles. The average Bonchev–Trinajstić information content (AvgIpc) is 2.43. The first kappa shape index (κ1) is 15.1. The summed E-state index contributed by atoms with van der Waals surface area (Å²) in [5.41, 5.74) is 1.26. The van der Waals surface area contributed by atoms with Crippen LogP contribution in [0.5, 0.6) is 5.75 Å². The van der Waals surface area contributed by atoms with Crippen LogP contribution in [0.3, 0.4) is 0 Å². The van der Waals surface area contributed by atoms with E-state index >= 15 is 0 Å². The Kier molecular flexibility index (Phi) is 4.86. The number of nitrogens with one attached hydrogen (secondary N) is 1. The van der Waals surface area contributed by atoms with E-state index in [1.807, 2.05) is 6.07 Å². The fraction of sp³-hybridized carbons (Fsp3) is 0.200. The van der Waals surface area contributed by atoms with Gasteiger partial charge >= 0.3 is 0 Å². The molecular weight excluding hydrogens is 300 g/mol. The van der Waals surface area contributed by atoms with Gasteiger partial charge in [-0.1, -0.05) is 35.3 Å². The predicted molar refractivity (Wildman–Crippen MR) is 80.3 cm³/mol. The van der Waals surface area contributed by atoms with Gasteiger partial charge in [-0.05, 0) is 36.9 Å². The zero-order valence-corrected chi connectivity index (χ0v) is 12.6. The average molecular weight is 314 g/mol. The maximum absolute atomic E-state index is 14.1. The lowest BCUT2D eigenvalue weighted by atomic mass is 9.98. The molecule has 0 aliphatic carbocycles. The summed E-state index contributed by atoms with van der Waals surface area (Å²) in [6.45, 7) is 0. The Labute approximate surface area is 127 Å². The molecule has 2 aromatic rings. The van der Waals surface area contributed by atoms with Crippen LogP contribution in [0.2, 0.25) is 10.0 Å². The zero-order chi connectivity index (χ0) is 14.7. The molecule has 0 amide bonds. The molecule has 1 N–H and O–H groups in total. The van der Waals surface area contributed by atoms with Gasteiger partial charge in [-0.25, -0.2) is 4.39 Å². The summed E-state index contributed by atoms with van der Waals surface area (Å²) >= 11 is 12.0. The van der Waals surface area contributed by atoms with Crippen molar-refractivity contribution in [2.24, 2.45) is 0 Å². The molecule has 0 aromatic heterocycles. The SMILES string of the molecule is CNC(c1ccc(Cl)cc1F)c1ccc(OC)cc1Cl. The van der Waals surface area contributed by atoms with E-state index in [0.717, 1.165) is 5.56 Å². The van der Waals surface area contributed by atoms with Gasteiger partial charge in [0, 0.05) is 15.6 Å². The van der Waals surface area contributed by atoms with Gasteiger partial charge in [0.25, 0.3) is 0 Å². The highest BCUT2D eigenvalue weighted by atomic mass is 35.5. The summed E-state index contributed by atoms with van der Waals surface area (Å²) in [6.07, 6.45) is 0. The van der Waals surface area contributed by atoms with Crippen molar-refractivity contribution in [3.8, 4) is 5.75 Å². The molecule has 2 nitrogen and oxygen atoms in total. The number of hydrogen-bond donors (Lipinski definition) is 1. The van der Waals surface area contributed by atoms with Crippen molar-refractivity contribution in [1.82, 2.24) is 5.32 Å². The van der Waals surface area contributed by atoms with Gasteiger partial charge in [0.2, 0.25) is 0 Å². The minimum atomic E-state index is -0.372. The zero-order valence-electron chi connectivity index (χ0n) is 11.1. The number of halogens is 3. The van der Waals surface area contributed by atoms with Gasteiger partial charge in [0.1, 0.15) is 11.6 Å². The number of benzene rings is 2. The summed E-state index contributed by atoms with van der Waals surface area (Å²) in [4.78, 5) is 0. The number of methoxy groups -OCH3 is 1. The lowest BCUT2D eigenvalue weighted by molar-refractivity contribution is 0.414. The summed E-state index contributed by atoms with van der Waals surface area (Å²) in [6, 6.07) is 9.55. The molecule has 1 unspecified atom stereocenters. The third kappa shape index (κ3) is 3.06. The highest BCUT2D eigenvalue weighted by molar-refractivity contribution is 6.31. The predicted octanol–water partition coefficient (Wildman–Crippen LogP) is 4.45. The van der Waals surface area contributed by atoms with Crippen LogP contribution in [0.4, 0.5) is 4.39 Å². The molecule has 0 fully saturated rings. The topological polar surface area (TPSA) is 21.3 Å². The van der Waals surface area contributed by atoms with E-state index < -0.39 is 0 Å². The minimum Gasteiger partial charge on any atom is -0.497 e. The summed E-state index contributed by atoms with van der Waals surface area (Å²) in [5.74, 6) is 0.286. The molecule has 0 saturated heterocycles. The van der Waals surface area contributed by atoms with E-state index in [-0.39, 0.29) is 11.9 Å². The van der Waals surface area contributed by atoms with Crippen molar-refractivity contribution in [2.45, 2.75) is 6.04 Å². The molecule has 5 heteroatoms. The monoisotopic (exact) mass is 313 g/mol. The van der Waals surface area contributed by atoms with E-state index in [9.17, 15) is 4.39 Å². The molecular formula is C15H14Cl2FNO. The van der Waals surface area contributed by atoms with Gasteiger partial charge in [-0.15, -0.1) is 0 Å². The molecule has 0 saturated carbocycles. The first-order chi connectivity index (χ1) is 9.56. The Hall–Kier alpha value is -1.29. The Morgan fingerprint density at radius 2 is 1.80 bits per heavy atom. The van der Waals surface area contributed by atoms with Crippen LogP contribution in [0.15, 0.2) is 36.4 Å². The van der Waals surface area contributed by atoms with Crippen molar-refractivity contribution in [3.05, 3.63) is 63.4 Å². The Morgan fingerprint density at radius 3 is 2.35 bits per heavy atom. The molecule has 0 bridgehead atoms. The van der Waals surface area contributed by atoms with Crippen LogP contribution < -0.4 is 10.1 Å². The van der Waals surface area contributed by atoms with E-state index in [2.05, 4.69) is 5.32 Å². The van der Waals surface area contributed by atoms with Gasteiger partial charge in [-0.3, -0.25) is 0 Å². The Morgan fingerprint density at radius 1 is 1.10 bits per heavy atom. The van der Waals surface area contributed by atoms with Crippen LogP contribution in [-0.4, -0.2) is 14.2 Å². The van der Waals surface area contributed by atoms with E-state index in [0.29, 0.717) is 21.4 Å². The first-order valence-electron chi connectivity index (χ1n) is 6.02. The summed E-state index contributed by atoms with van der Waals surface area (Å²) in [7, 11) is 3.32. The largest absolute Gasteiger partial charge is 0.497 e. The molecule has 0 spiro atoms. The lowest BCUT2D eigenvalue weighted by Crippen LogP contribution is -2.19. The van der Waals surface area contributed by atoms with Gasteiger partial charge in [0.15, 0.2) is 0 Å². The summed E-state index contributed by atoms with van der Waals surface area (Å²) < 4.78 is 19.2. The highest BCUT2D eigenvalue weighted by Crippen LogP contribution is 2.32. The van der Waals surface area contributed by atoms with Crippen LogP contribution in [0.1, 0.15) is 17.2 Å². The third-order valence-corrected chi connectivity index (χ3v) is 3.64. The van der Waals surface area contributed by atoms with Crippen molar-refractivity contribution in [3.63, 3.8) is 0 Å². The minimum absolute atomic E-state index is 0.356. The van der Waals surface area contributed by atoms with Crippen LogP contribution >= 0.6 is 23.2 Å². The van der Waals surface area contributed by atoms with Crippen molar-refractivity contribution < 1.29 is 9.13 Å². The van der Waals surface area contributed by atoms with Crippen molar-refractivity contribution >= 4 is 23.2 Å². The van der Waals surface area contributed by atoms with Crippen molar-refractivity contribution in [2.75, 3.05) is 14.2 Å². The maximum Gasteiger partial charge on any atom is 0.129 e. The number of rotatable bonds is 4. The van der Waals surface area contributed by atoms with Crippen molar-refractivity contribution in [1.29, 1.82) is 0 Å². The third-order valence-electron chi connectivity index (χ3n) is 3.08. The second-order valence-corrected chi connectivity index (χ2v) is 5.12. The van der Waals surface area contributed by atoms with Crippen LogP contribution in [0, 0.1) is 5.82 Å². The molecule has 0 aliphatic heterocycles. The molecule has 1 atom stereocenters. The first-order valence-corrected chi connectivity index (χ1v) is 6.78. The summed E-state index contributed by atoms with van der Waals surface area (Å²) in [5, 5.41) is 3.94. The van der Waals surface area contributed by atoms with Crippen LogP contribution in [-0.2, 0) is 0 Å². The highest BCUT2D eigenvalue weighted by Gasteiger charge is 2.19. The quantitative estimate of drug-likeness (QED) is 0.900. The van der Waals surface area contributed by atoms with E-state index in [4.69, 9.17) is 27.9 Å². The fourth-order valence-corrected chi connectivity index (χ4v) is 2.52. The normalized spacial score (nSPS) is 12.2. The lowest BCUT2D eigenvalue weighted by Gasteiger charge is -2.19. The van der Waals surface area contributed by atoms with E-state index in [1.165, 1.54) is 6.07 Å². The molecule has 0 aliphatic rings. The van der Waals surface area contributed by atoms with Gasteiger partial charge in [-0.2, -0.15) is 0 Å². The molecule has 106 valence electrons. The van der Waals surface area contributed by atoms with Gasteiger partial charge in [0.05, 0.1) is 13.2 Å². The molecule has 2 rings (SSSR count). The smallest absolute Gasteiger partial charge is 0.129 e. The van der Waals surface area contributed by atoms with Crippen LogP contribution in [0.25, 0.3) is 0 Å². The fourth-order valence-electron chi connectivity index (χ4n) is 2.08.